The van der Waals surface area contributed by atoms with Gasteiger partial charge in [0.05, 0.1) is 18.6 Å². The molecule has 2 aromatic carbocycles. The Bertz CT molecular complexity index is 742. The summed E-state index contributed by atoms with van der Waals surface area (Å²) >= 11 is 0. The number of rotatable bonds is 5. The maximum Gasteiger partial charge on any atom is 0.335 e. The van der Waals surface area contributed by atoms with E-state index in [2.05, 4.69) is 4.90 Å². The molecule has 130 valence electrons. The summed E-state index contributed by atoms with van der Waals surface area (Å²) in [6.45, 7) is 2.08. The molecule has 1 N–H and O–H groups in total. The number of nitrogens with zero attached hydrogens (tertiary/aromatic N) is 1. The summed E-state index contributed by atoms with van der Waals surface area (Å²) in [6.07, 6.45) is 0. The quantitative estimate of drug-likeness (QED) is 0.849. The summed E-state index contributed by atoms with van der Waals surface area (Å²) in [7, 11) is 1.43. The minimum atomic E-state index is -0.928. The molecular weight excluding hydrogens is 318 g/mol. The zero-order valence-electron chi connectivity index (χ0n) is 14.1. The summed E-state index contributed by atoms with van der Waals surface area (Å²) in [5.41, 5.74) is 2.45. The molecule has 0 saturated carbocycles. The molecule has 0 aromatic heterocycles. The molecule has 5 nitrogen and oxygen atoms in total. The van der Waals surface area contributed by atoms with Gasteiger partial charge >= 0.3 is 11.9 Å². The first-order valence-corrected chi connectivity index (χ1v) is 8.26. The van der Waals surface area contributed by atoms with E-state index in [0.29, 0.717) is 13.1 Å². The lowest BCUT2D eigenvalue weighted by Gasteiger charge is -2.16. The van der Waals surface area contributed by atoms with Crippen LogP contribution in [0.4, 0.5) is 0 Å². The number of benzene rings is 2. The van der Waals surface area contributed by atoms with Crippen molar-refractivity contribution in [3.63, 3.8) is 0 Å². The van der Waals surface area contributed by atoms with Gasteiger partial charge in [-0.1, -0.05) is 42.5 Å². The lowest BCUT2D eigenvalue weighted by Crippen LogP contribution is -2.24. The molecule has 1 aliphatic heterocycles. The Morgan fingerprint density at radius 1 is 1.08 bits per heavy atom. The van der Waals surface area contributed by atoms with E-state index in [4.69, 9.17) is 9.84 Å². The van der Waals surface area contributed by atoms with Crippen molar-refractivity contribution in [2.75, 3.05) is 20.2 Å². The molecule has 1 heterocycles. The Morgan fingerprint density at radius 2 is 1.76 bits per heavy atom. The summed E-state index contributed by atoms with van der Waals surface area (Å²) in [6, 6.07) is 16.9. The van der Waals surface area contributed by atoms with E-state index in [1.54, 1.807) is 12.1 Å². The molecular formula is C20H21NO4. The van der Waals surface area contributed by atoms with E-state index in [1.165, 1.54) is 7.11 Å². The van der Waals surface area contributed by atoms with E-state index < -0.39 is 5.97 Å². The Kier molecular flexibility index (Phi) is 5.14. The zero-order chi connectivity index (χ0) is 17.8. The van der Waals surface area contributed by atoms with Crippen LogP contribution in [0.15, 0.2) is 54.6 Å². The first-order chi connectivity index (χ1) is 12.1. The number of methoxy groups -OCH3 is 1. The average Bonchev–Trinajstić information content (AvgIpc) is 3.06. The van der Waals surface area contributed by atoms with Gasteiger partial charge in [0.2, 0.25) is 0 Å². The highest BCUT2D eigenvalue weighted by Gasteiger charge is 2.39. The number of carbonyl (C=O) groups excluding carboxylic acids is 1. The number of ether oxygens (including phenoxy) is 1. The molecule has 0 unspecified atom stereocenters. The third-order valence-electron chi connectivity index (χ3n) is 4.73. The van der Waals surface area contributed by atoms with Crippen LogP contribution in [0.2, 0.25) is 0 Å². The molecule has 5 heteroatoms. The van der Waals surface area contributed by atoms with Crippen molar-refractivity contribution in [1.29, 1.82) is 0 Å². The monoisotopic (exact) mass is 339 g/mol. The third kappa shape index (κ3) is 3.88. The van der Waals surface area contributed by atoms with Gasteiger partial charge in [-0.15, -0.1) is 0 Å². The van der Waals surface area contributed by atoms with Crippen LogP contribution in [0.5, 0.6) is 0 Å². The van der Waals surface area contributed by atoms with Crippen LogP contribution >= 0.6 is 0 Å². The minimum absolute atomic E-state index is 0.104. The highest BCUT2D eigenvalue weighted by molar-refractivity contribution is 5.87. The fourth-order valence-corrected chi connectivity index (χ4v) is 3.45. The van der Waals surface area contributed by atoms with Gasteiger partial charge in [0.1, 0.15) is 0 Å². The summed E-state index contributed by atoms with van der Waals surface area (Å²) < 4.78 is 5.00. The summed E-state index contributed by atoms with van der Waals surface area (Å²) in [4.78, 5) is 25.4. The van der Waals surface area contributed by atoms with Crippen molar-refractivity contribution in [3.05, 3.63) is 71.3 Å². The van der Waals surface area contributed by atoms with Crippen LogP contribution in [0.3, 0.4) is 0 Å². The molecule has 3 rings (SSSR count). The minimum Gasteiger partial charge on any atom is -0.478 e. The highest BCUT2D eigenvalue weighted by Crippen LogP contribution is 2.34. The number of carboxylic acid groups (broad SMARTS) is 1. The molecule has 0 aliphatic carbocycles. The fraction of sp³-hybridized carbons (Fsp3) is 0.300. The van der Waals surface area contributed by atoms with Crippen molar-refractivity contribution in [2.24, 2.45) is 5.92 Å². The van der Waals surface area contributed by atoms with Gasteiger partial charge in [0.15, 0.2) is 0 Å². The molecule has 0 bridgehead atoms. The van der Waals surface area contributed by atoms with Crippen molar-refractivity contribution >= 4 is 11.9 Å². The van der Waals surface area contributed by atoms with Crippen LogP contribution in [0.25, 0.3) is 0 Å². The number of likely N-dealkylation sites (tertiary alicyclic amines) is 1. The van der Waals surface area contributed by atoms with Crippen molar-refractivity contribution in [1.82, 2.24) is 4.90 Å². The van der Waals surface area contributed by atoms with E-state index in [9.17, 15) is 9.59 Å². The molecule has 0 amide bonds. The average molecular weight is 339 g/mol. The SMILES string of the molecule is COC(=O)[C@@H]1CN(Cc2ccc(C(=O)O)cc2)C[C@@H]1c1ccccc1. The van der Waals surface area contributed by atoms with Crippen LogP contribution in [-0.4, -0.2) is 42.1 Å². The van der Waals surface area contributed by atoms with Crippen LogP contribution < -0.4 is 0 Å². The first-order valence-electron chi connectivity index (χ1n) is 8.26. The van der Waals surface area contributed by atoms with E-state index in [1.807, 2.05) is 42.5 Å². The molecule has 2 atom stereocenters. The second kappa shape index (κ2) is 7.49. The van der Waals surface area contributed by atoms with Gasteiger partial charge in [-0.05, 0) is 23.3 Å². The zero-order valence-corrected chi connectivity index (χ0v) is 14.1. The predicted molar refractivity (Wildman–Crippen MR) is 93.4 cm³/mol. The van der Waals surface area contributed by atoms with Gasteiger partial charge in [-0.25, -0.2) is 4.79 Å². The lowest BCUT2D eigenvalue weighted by molar-refractivity contribution is -0.145. The van der Waals surface area contributed by atoms with E-state index in [-0.39, 0.29) is 23.4 Å². The molecule has 1 aliphatic rings. The number of hydrogen-bond donors (Lipinski definition) is 1. The maximum absolute atomic E-state index is 12.2. The van der Waals surface area contributed by atoms with Gasteiger partial charge in [-0.2, -0.15) is 0 Å². The lowest BCUT2D eigenvalue weighted by atomic mass is 9.89. The molecule has 25 heavy (non-hydrogen) atoms. The van der Waals surface area contributed by atoms with E-state index >= 15 is 0 Å². The van der Waals surface area contributed by atoms with Crippen molar-refractivity contribution < 1.29 is 19.4 Å². The largest absolute Gasteiger partial charge is 0.478 e. The standard InChI is InChI=1S/C20H21NO4/c1-25-20(24)18-13-21(12-17(18)15-5-3-2-4-6-15)11-14-7-9-16(10-8-14)19(22)23/h2-10,17-18H,11-13H2,1H3,(H,22,23)/t17-,18-/m1/s1. The number of carboxylic acids is 1. The predicted octanol–water partition coefficient (Wildman–Crippen LogP) is 2.77. The molecule has 2 aromatic rings. The van der Waals surface area contributed by atoms with Gasteiger partial charge in [0.25, 0.3) is 0 Å². The number of hydrogen-bond acceptors (Lipinski definition) is 4. The highest BCUT2D eigenvalue weighted by atomic mass is 16.5. The normalized spacial score (nSPS) is 20.4. The van der Waals surface area contributed by atoms with Gasteiger partial charge in [-0.3, -0.25) is 9.69 Å². The maximum atomic E-state index is 12.2. The van der Waals surface area contributed by atoms with Gasteiger partial charge in [0, 0.05) is 25.6 Å². The van der Waals surface area contributed by atoms with E-state index in [0.717, 1.165) is 17.7 Å². The first kappa shape index (κ1) is 17.2. The van der Waals surface area contributed by atoms with Gasteiger partial charge < -0.3 is 9.84 Å². The number of esters is 1. The summed E-state index contributed by atoms with van der Waals surface area (Å²) in [5.74, 6) is -1.20. The molecule has 1 saturated heterocycles. The second-order valence-electron chi connectivity index (χ2n) is 6.34. The van der Waals surface area contributed by atoms with Crippen LogP contribution in [0.1, 0.15) is 27.4 Å². The fourth-order valence-electron chi connectivity index (χ4n) is 3.45. The van der Waals surface area contributed by atoms with Crippen LogP contribution in [0, 0.1) is 5.92 Å². The Morgan fingerprint density at radius 3 is 2.36 bits per heavy atom. The Labute approximate surface area is 146 Å². The number of aromatic carboxylic acids is 1. The Balaban J connectivity index is 1.75. The van der Waals surface area contributed by atoms with Crippen LogP contribution in [-0.2, 0) is 16.1 Å². The summed E-state index contributed by atoms with van der Waals surface area (Å²) in [5, 5.41) is 8.98. The van der Waals surface area contributed by atoms with Crippen molar-refractivity contribution in [2.45, 2.75) is 12.5 Å². The second-order valence-corrected chi connectivity index (χ2v) is 6.34. The topological polar surface area (TPSA) is 66.8 Å². The smallest absolute Gasteiger partial charge is 0.335 e. The molecule has 0 spiro atoms. The van der Waals surface area contributed by atoms with Crippen molar-refractivity contribution in [3.8, 4) is 0 Å². The Hall–Kier alpha value is -2.66. The molecule has 1 fully saturated rings. The third-order valence-corrected chi connectivity index (χ3v) is 4.73. The molecule has 0 radical (unpaired) electrons. The number of carbonyl (C=O) groups is 2.